The molecular formula is C22H18N4O5. The van der Waals surface area contributed by atoms with E-state index in [1.54, 1.807) is 0 Å². The number of benzene rings is 2. The number of aromatic nitrogens is 3. The van der Waals surface area contributed by atoms with Gasteiger partial charge in [0.25, 0.3) is 5.56 Å². The van der Waals surface area contributed by atoms with Gasteiger partial charge in [0.1, 0.15) is 5.56 Å². The molecule has 0 bridgehead atoms. The highest BCUT2D eigenvalue weighted by Gasteiger charge is 2.31. The molecule has 0 saturated heterocycles. The molecule has 4 aromatic rings. The first kappa shape index (κ1) is 18.9. The fourth-order valence-corrected chi connectivity index (χ4v) is 4.22. The van der Waals surface area contributed by atoms with Crippen molar-refractivity contribution in [3.05, 3.63) is 91.8 Å². The number of aromatic hydroxyl groups is 1. The first-order chi connectivity index (χ1) is 15.0. The molecule has 3 heterocycles. The number of aromatic amines is 2. The lowest BCUT2D eigenvalue weighted by atomic mass is 9.95. The number of nitrogens with zero attached hydrogens (tertiary/aromatic N) is 1. The van der Waals surface area contributed by atoms with Crippen molar-refractivity contribution in [1.82, 2.24) is 19.9 Å². The third-order valence-corrected chi connectivity index (χ3v) is 5.64. The van der Waals surface area contributed by atoms with Crippen molar-refractivity contribution in [2.24, 2.45) is 0 Å². The van der Waals surface area contributed by atoms with Gasteiger partial charge in [-0.2, -0.15) is 0 Å². The molecule has 0 saturated carbocycles. The summed E-state index contributed by atoms with van der Waals surface area (Å²) in [7, 11) is 0. The Kier molecular flexibility index (Phi) is 4.26. The zero-order valence-electron chi connectivity index (χ0n) is 16.2. The van der Waals surface area contributed by atoms with Crippen LogP contribution in [-0.2, 0) is 6.42 Å². The fourth-order valence-electron chi connectivity index (χ4n) is 4.22. The van der Waals surface area contributed by atoms with Crippen LogP contribution in [0.15, 0.2) is 58.1 Å². The van der Waals surface area contributed by atoms with Crippen LogP contribution in [0.5, 0.6) is 5.88 Å². The second-order valence-corrected chi connectivity index (χ2v) is 7.38. The van der Waals surface area contributed by atoms with Crippen molar-refractivity contribution in [2.45, 2.75) is 12.5 Å². The van der Waals surface area contributed by atoms with Crippen LogP contribution in [-0.4, -0.2) is 37.3 Å². The van der Waals surface area contributed by atoms with Crippen molar-refractivity contribution in [2.75, 3.05) is 6.54 Å². The fraction of sp³-hybridized carbons (Fsp3) is 0.136. The van der Waals surface area contributed by atoms with Crippen molar-refractivity contribution in [1.29, 1.82) is 0 Å². The Bertz CT molecular complexity index is 1450. The highest BCUT2D eigenvalue weighted by atomic mass is 16.4. The number of aromatic carboxylic acids is 1. The molecule has 1 unspecified atom stereocenters. The SMILES string of the molecule is O=C(O)c1ccc(-n2c(O)c(C3NCCc4c3[nH]c3ccccc43)c(=O)[nH]c2=O)cc1. The van der Waals surface area contributed by atoms with Gasteiger partial charge < -0.3 is 20.5 Å². The summed E-state index contributed by atoms with van der Waals surface area (Å²) in [6.07, 6.45) is 0.755. The number of carboxylic acid groups (broad SMARTS) is 1. The van der Waals surface area contributed by atoms with Crippen LogP contribution < -0.4 is 16.6 Å². The summed E-state index contributed by atoms with van der Waals surface area (Å²) in [5.74, 6) is -1.61. The molecule has 5 rings (SSSR count). The third-order valence-electron chi connectivity index (χ3n) is 5.64. The topological polar surface area (TPSA) is 140 Å². The number of rotatable bonds is 3. The van der Waals surface area contributed by atoms with Crippen LogP contribution in [0.25, 0.3) is 16.6 Å². The van der Waals surface area contributed by atoms with Gasteiger partial charge in [-0.05, 0) is 42.3 Å². The zero-order chi connectivity index (χ0) is 21.7. The van der Waals surface area contributed by atoms with Gasteiger partial charge in [-0.1, -0.05) is 18.2 Å². The first-order valence-electron chi connectivity index (χ1n) is 9.70. The third kappa shape index (κ3) is 2.94. The molecule has 0 amide bonds. The number of hydrogen-bond donors (Lipinski definition) is 5. The minimum Gasteiger partial charge on any atom is -0.494 e. The summed E-state index contributed by atoms with van der Waals surface area (Å²) in [6, 6.07) is 12.6. The minimum absolute atomic E-state index is 0.00872. The van der Waals surface area contributed by atoms with Crippen LogP contribution in [0.1, 0.15) is 33.2 Å². The van der Waals surface area contributed by atoms with E-state index in [1.165, 1.54) is 24.3 Å². The lowest BCUT2D eigenvalue weighted by Crippen LogP contribution is -2.38. The average molecular weight is 418 g/mol. The van der Waals surface area contributed by atoms with Gasteiger partial charge in [-0.15, -0.1) is 0 Å². The summed E-state index contributed by atoms with van der Waals surface area (Å²) < 4.78 is 0.959. The summed E-state index contributed by atoms with van der Waals surface area (Å²) in [4.78, 5) is 42.0. The van der Waals surface area contributed by atoms with Crippen molar-refractivity contribution in [3.8, 4) is 11.6 Å². The Morgan fingerprint density at radius 1 is 1.03 bits per heavy atom. The number of nitrogens with one attached hydrogen (secondary N) is 3. The van der Waals surface area contributed by atoms with Gasteiger partial charge in [0.05, 0.1) is 17.3 Å². The second kappa shape index (κ2) is 6.99. The molecule has 1 aliphatic heterocycles. The first-order valence-corrected chi connectivity index (χ1v) is 9.70. The van der Waals surface area contributed by atoms with E-state index < -0.39 is 29.1 Å². The Morgan fingerprint density at radius 2 is 1.77 bits per heavy atom. The van der Waals surface area contributed by atoms with Gasteiger partial charge in [0.15, 0.2) is 0 Å². The summed E-state index contributed by atoms with van der Waals surface area (Å²) in [6.45, 7) is 0.588. The van der Waals surface area contributed by atoms with Crippen molar-refractivity contribution >= 4 is 16.9 Å². The highest BCUT2D eigenvalue weighted by molar-refractivity contribution is 5.87. The van der Waals surface area contributed by atoms with E-state index in [-0.39, 0.29) is 16.8 Å². The molecule has 0 spiro atoms. The summed E-state index contributed by atoms with van der Waals surface area (Å²) in [5, 5.41) is 24.4. The minimum atomic E-state index is -1.11. The predicted octanol–water partition coefficient (Wildman–Crippen LogP) is 1.65. The van der Waals surface area contributed by atoms with E-state index in [0.29, 0.717) is 6.54 Å². The van der Waals surface area contributed by atoms with Crippen LogP contribution in [0.3, 0.4) is 0 Å². The highest BCUT2D eigenvalue weighted by Crippen LogP contribution is 2.35. The lowest BCUT2D eigenvalue weighted by molar-refractivity contribution is 0.0697. The number of para-hydroxylation sites is 1. The number of H-pyrrole nitrogens is 2. The monoisotopic (exact) mass is 418 g/mol. The molecule has 1 aliphatic rings. The average Bonchev–Trinajstić information content (AvgIpc) is 3.13. The lowest BCUT2D eigenvalue weighted by Gasteiger charge is -2.25. The molecule has 0 aliphatic carbocycles. The quantitative estimate of drug-likeness (QED) is 0.343. The number of fused-ring (bicyclic) bond motifs is 3. The van der Waals surface area contributed by atoms with Crippen molar-refractivity contribution in [3.63, 3.8) is 0 Å². The molecule has 1 atom stereocenters. The van der Waals surface area contributed by atoms with Gasteiger partial charge in [-0.25, -0.2) is 14.2 Å². The van der Waals surface area contributed by atoms with E-state index in [4.69, 9.17) is 5.11 Å². The van der Waals surface area contributed by atoms with Crippen molar-refractivity contribution < 1.29 is 15.0 Å². The Balaban J connectivity index is 1.70. The number of carbonyl (C=O) groups is 1. The molecule has 0 radical (unpaired) electrons. The van der Waals surface area contributed by atoms with Crippen LogP contribution in [0, 0.1) is 0 Å². The van der Waals surface area contributed by atoms with Crippen LogP contribution in [0.2, 0.25) is 0 Å². The Labute approximate surface area is 174 Å². The molecule has 0 fully saturated rings. The molecule has 9 nitrogen and oxygen atoms in total. The van der Waals surface area contributed by atoms with E-state index in [2.05, 4.69) is 15.3 Å². The molecule has 2 aromatic heterocycles. The largest absolute Gasteiger partial charge is 0.494 e. The maximum Gasteiger partial charge on any atom is 0.335 e. The standard InChI is InChI=1S/C22H18N4O5/c27-19-16(18-17-14(9-10-23-18)13-3-1-2-4-15(13)24-17)20(28)26(22(31)25-19)12-7-5-11(6-8-12)21(29)30/h1-8,18,23-24,28H,9-10H2,(H,29,30)(H,25,27,31). The number of carboxylic acids is 1. The van der Waals surface area contributed by atoms with Crippen LogP contribution >= 0.6 is 0 Å². The normalized spacial score (nSPS) is 15.7. The number of hydrogen-bond acceptors (Lipinski definition) is 5. The molecule has 31 heavy (non-hydrogen) atoms. The van der Waals surface area contributed by atoms with Gasteiger partial charge in [-0.3, -0.25) is 9.78 Å². The molecule has 9 heteroatoms. The van der Waals surface area contributed by atoms with Gasteiger partial charge >= 0.3 is 11.7 Å². The molecular weight excluding hydrogens is 400 g/mol. The van der Waals surface area contributed by atoms with Crippen LogP contribution in [0.4, 0.5) is 0 Å². The predicted molar refractivity (Wildman–Crippen MR) is 113 cm³/mol. The molecule has 2 aromatic carbocycles. The smallest absolute Gasteiger partial charge is 0.335 e. The molecule has 156 valence electrons. The zero-order valence-corrected chi connectivity index (χ0v) is 16.2. The van der Waals surface area contributed by atoms with Gasteiger partial charge in [0, 0.05) is 23.1 Å². The summed E-state index contributed by atoms with van der Waals surface area (Å²) >= 11 is 0. The van der Waals surface area contributed by atoms with E-state index >= 15 is 0 Å². The van der Waals surface area contributed by atoms with E-state index in [0.717, 1.165) is 33.1 Å². The van der Waals surface area contributed by atoms with E-state index in [1.807, 2.05) is 24.3 Å². The maximum atomic E-state index is 12.8. The summed E-state index contributed by atoms with van der Waals surface area (Å²) in [5.41, 5.74) is 1.52. The maximum absolute atomic E-state index is 12.8. The van der Waals surface area contributed by atoms with E-state index in [9.17, 15) is 19.5 Å². The van der Waals surface area contributed by atoms with Gasteiger partial charge in [0.2, 0.25) is 5.88 Å². The molecule has 5 N–H and O–H groups in total. The Morgan fingerprint density at radius 3 is 2.52 bits per heavy atom. The Hall–Kier alpha value is -4.11. The second-order valence-electron chi connectivity index (χ2n) is 7.38.